The van der Waals surface area contributed by atoms with Gasteiger partial charge in [-0.3, -0.25) is 4.79 Å². The third kappa shape index (κ3) is 4.80. The molecule has 2 aromatic carbocycles. The Kier molecular flexibility index (Phi) is 6.97. The minimum atomic E-state index is -1.22. The van der Waals surface area contributed by atoms with Gasteiger partial charge in [0, 0.05) is 22.4 Å². The summed E-state index contributed by atoms with van der Waals surface area (Å²) in [6, 6.07) is 6.48. The molecule has 0 heterocycles. The van der Waals surface area contributed by atoms with Gasteiger partial charge in [0.05, 0.1) is 16.3 Å². The lowest BCUT2D eigenvalue weighted by Crippen LogP contribution is -2.26. The van der Waals surface area contributed by atoms with Crippen LogP contribution >= 0.6 is 34.2 Å². The van der Waals surface area contributed by atoms with Gasteiger partial charge in [0.15, 0.2) is 11.6 Å². The monoisotopic (exact) mass is 480 g/mol. The van der Waals surface area contributed by atoms with E-state index in [0.29, 0.717) is 12.1 Å². The normalized spacial score (nSPS) is 10.6. The van der Waals surface area contributed by atoms with Crippen LogP contribution in [0, 0.1) is 22.1 Å². The van der Waals surface area contributed by atoms with E-state index >= 15 is 0 Å². The van der Waals surface area contributed by atoms with Gasteiger partial charge in [0.25, 0.3) is 5.91 Å². The first-order chi connectivity index (χ1) is 11.8. The van der Waals surface area contributed by atoms with E-state index in [-0.39, 0.29) is 24.4 Å². The molecule has 0 atom stereocenters. The standard InChI is InChI=1S/C17H16ClF2IN2O2/c1-9-7-10(21)3-4-13(9)23-16-11(17(25)22-5-2-6-24)8-12(18)14(19)15(16)20/h3-4,7-8,23-24H,2,5-6H2,1H3,(H,22,25). The minimum Gasteiger partial charge on any atom is -0.396 e. The molecule has 2 aromatic rings. The molecule has 2 rings (SSSR count). The van der Waals surface area contributed by atoms with Gasteiger partial charge in [-0.15, -0.1) is 0 Å². The number of nitrogens with one attached hydrogen (secondary N) is 2. The van der Waals surface area contributed by atoms with E-state index in [0.717, 1.165) is 15.2 Å². The highest BCUT2D eigenvalue weighted by molar-refractivity contribution is 14.1. The minimum absolute atomic E-state index is 0.0915. The molecule has 25 heavy (non-hydrogen) atoms. The van der Waals surface area contributed by atoms with E-state index in [1.807, 2.05) is 13.0 Å². The van der Waals surface area contributed by atoms with E-state index in [2.05, 4.69) is 33.2 Å². The predicted octanol–water partition coefficient (Wildman–Crippen LogP) is 4.39. The van der Waals surface area contributed by atoms with Crippen LogP contribution in [0.25, 0.3) is 0 Å². The van der Waals surface area contributed by atoms with Crippen molar-refractivity contribution >= 4 is 51.5 Å². The van der Waals surface area contributed by atoms with Crippen molar-refractivity contribution in [2.45, 2.75) is 13.3 Å². The van der Waals surface area contributed by atoms with Crippen LogP contribution in [0.1, 0.15) is 22.3 Å². The highest BCUT2D eigenvalue weighted by atomic mass is 127. The largest absolute Gasteiger partial charge is 0.396 e. The molecule has 0 radical (unpaired) electrons. The van der Waals surface area contributed by atoms with Gasteiger partial charge in [-0.25, -0.2) is 8.78 Å². The molecule has 0 bridgehead atoms. The predicted molar refractivity (Wildman–Crippen MR) is 103 cm³/mol. The molecule has 0 fully saturated rings. The van der Waals surface area contributed by atoms with Gasteiger partial charge in [-0.2, -0.15) is 0 Å². The van der Waals surface area contributed by atoms with Crippen LogP contribution in [0.3, 0.4) is 0 Å². The molecule has 0 spiro atoms. The summed E-state index contributed by atoms with van der Waals surface area (Å²) in [6.07, 6.45) is 0.349. The Bertz CT molecular complexity index is 803. The van der Waals surface area contributed by atoms with Crippen LogP contribution in [0.2, 0.25) is 5.02 Å². The van der Waals surface area contributed by atoms with Crippen LogP contribution in [0.15, 0.2) is 24.3 Å². The van der Waals surface area contributed by atoms with Crippen LogP contribution in [0.4, 0.5) is 20.2 Å². The van der Waals surface area contributed by atoms with Gasteiger partial charge < -0.3 is 15.7 Å². The highest BCUT2D eigenvalue weighted by Gasteiger charge is 2.22. The molecule has 8 heteroatoms. The SMILES string of the molecule is Cc1cc(I)ccc1Nc1c(C(=O)NCCCO)cc(Cl)c(F)c1F. The molecule has 134 valence electrons. The lowest BCUT2D eigenvalue weighted by atomic mass is 10.1. The number of rotatable bonds is 6. The number of carbonyl (C=O) groups is 1. The van der Waals surface area contributed by atoms with Crippen molar-refractivity contribution in [1.82, 2.24) is 5.32 Å². The fourth-order valence-electron chi connectivity index (χ4n) is 2.17. The third-order valence-electron chi connectivity index (χ3n) is 3.48. The van der Waals surface area contributed by atoms with E-state index < -0.39 is 22.6 Å². The Hall–Kier alpha value is -1.45. The number of aliphatic hydroxyl groups excluding tert-OH is 1. The maximum atomic E-state index is 14.4. The molecule has 1 amide bonds. The first-order valence-corrected chi connectivity index (χ1v) is 8.90. The second-order valence-corrected chi connectivity index (χ2v) is 6.98. The number of halogens is 4. The number of benzene rings is 2. The zero-order chi connectivity index (χ0) is 18.6. The lowest BCUT2D eigenvalue weighted by Gasteiger charge is -2.16. The summed E-state index contributed by atoms with van der Waals surface area (Å²) in [5.41, 5.74) is 0.964. The summed E-state index contributed by atoms with van der Waals surface area (Å²) in [5.74, 6) is -3.06. The second-order valence-electron chi connectivity index (χ2n) is 5.33. The van der Waals surface area contributed by atoms with Crippen molar-refractivity contribution in [1.29, 1.82) is 0 Å². The fraction of sp³-hybridized carbons (Fsp3) is 0.235. The van der Waals surface area contributed by atoms with Crippen LogP contribution in [-0.2, 0) is 0 Å². The first kappa shape index (κ1) is 19.9. The van der Waals surface area contributed by atoms with Gasteiger partial charge in [0.1, 0.15) is 0 Å². The van der Waals surface area contributed by atoms with Crippen molar-refractivity contribution in [3.8, 4) is 0 Å². The van der Waals surface area contributed by atoms with E-state index in [4.69, 9.17) is 16.7 Å². The number of carbonyl (C=O) groups excluding carboxylic acids is 1. The average Bonchev–Trinajstić information content (AvgIpc) is 2.57. The second kappa shape index (κ2) is 8.77. The van der Waals surface area contributed by atoms with Gasteiger partial charge in [-0.1, -0.05) is 11.6 Å². The number of hydrogen-bond donors (Lipinski definition) is 3. The summed E-state index contributed by atoms with van der Waals surface area (Å²) in [6.45, 7) is 1.93. The molecular formula is C17H16ClF2IN2O2. The van der Waals surface area contributed by atoms with Crippen molar-refractivity contribution < 1.29 is 18.7 Å². The zero-order valence-electron chi connectivity index (χ0n) is 13.3. The lowest BCUT2D eigenvalue weighted by molar-refractivity contribution is 0.0951. The fourth-order valence-corrected chi connectivity index (χ4v) is 3.01. The van der Waals surface area contributed by atoms with Crippen LogP contribution < -0.4 is 10.6 Å². The van der Waals surface area contributed by atoms with Gasteiger partial charge in [-0.05, 0) is 65.8 Å². The Morgan fingerprint density at radius 3 is 2.64 bits per heavy atom. The van der Waals surface area contributed by atoms with Crippen LogP contribution in [0.5, 0.6) is 0 Å². The third-order valence-corrected chi connectivity index (χ3v) is 4.42. The Balaban J connectivity index is 2.44. The van der Waals surface area contributed by atoms with E-state index in [9.17, 15) is 13.6 Å². The highest BCUT2D eigenvalue weighted by Crippen LogP contribution is 2.32. The molecule has 0 saturated heterocycles. The molecule has 0 aliphatic heterocycles. The average molecular weight is 481 g/mol. The van der Waals surface area contributed by atoms with Crippen molar-refractivity contribution in [3.05, 3.63) is 55.6 Å². The van der Waals surface area contributed by atoms with E-state index in [1.165, 1.54) is 0 Å². The molecule has 0 aliphatic rings. The molecule has 0 unspecified atom stereocenters. The van der Waals surface area contributed by atoms with E-state index in [1.54, 1.807) is 12.1 Å². The molecule has 0 saturated carbocycles. The van der Waals surface area contributed by atoms with Crippen molar-refractivity contribution in [2.24, 2.45) is 0 Å². The molecule has 0 aliphatic carbocycles. The molecule has 0 aromatic heterocycles. The summed E-state index contributed by atoms with van der Waals surface area (Å²) >= 11 is 7.83. The van der Waals surface area contributed by atoms with Gasteiger partial charge >= 0.3 is 0 Å². The maximum Gasteiger partial charge on any atom is 0.253 e. The van der Waals surface area contributed by atoms with Crippen molar-refractivity contribution in [3.63, 3.8) is 0 Å². The Labute approximate surface area is 162 Å². The first-order valence-electron chi connectivity index (χ1n) is 7.45. The topological polar surface area (TPSA) is 61.4 Å². The zero-order valence-corrected chi connectivity index (χ0v) is 16.2. The summed E-state index contributed by atoms with van der Waals surface area (Å²) in [4.78, 5) is 12.3. The number of hydrogen-bond acceptors (Lipinski definition) is 3. The maximum absolute atomic E-state index is 14.4. The molecule has 3 N–H and O–H groups in total. The van der Waals surface area contributed by atoms with Gasteiger partial charge in [0.2, 0.25) is 0 Å². The Morgan fingerprint density at radius 2 is 2.00 bits per heavy atom. The van der Waals surface area contributed by atoms with Crippen molar-refractivity contribution in [2.75, 3.05) is 18.5 Å². The van der Waals surface area contributed by atoms with Crippen LogP contribution in [-0.4, -0.2) is 24.2 Å². The molecule has 4 nitrogen and oxygen atoms in total. The number of aliphatic hydroxyl groups is 1. The summed E-state index contributed by atoms with van der Waals surface area (Å²) in [5, 5.41) is 13.6. The summed E-state index contributed by atoms with van der Waals surface area (Å²) < 4.78 is 29.3. The number of anilines is 2. The Morgan fingerprint density at radius 1 is 1.28 bits per heavy atom. The smallest absolute Gasteiger partial charge is 0.253 e. The number of aryl methyl sites for hydroxylation is 1. The molecular weight excluding hydrogens is 465 g/mol. The quantitative estimate of drug-likeness (QED) is 0.327. The number of amides is 1. The summed E-state index contributed by atoms with van der Waals surface area (Å²) in [7, 11) is 0.